The van der Waals surface area contributed by atoms with E-state index < -0.39 is 0 Å². The first-order valence-corrected chi connectivity index (χ1v) is 8.13. The highest BCUT2D eigenvalue weighted by molar-refractivity contribution is 8.14. The molecule has 3 nitrogen and oxygen atoms in total. The average Bonchev–Trinajstić information content (AvgIpc) is 2.71. The lowest BCUT2D eigenvalue weighted by atomic mass is 10.2. The number of hydrogen-bond donors (Lipinski definition) is 1. The third-order valence-electron chi connectivity index (χ3n) is 3.30. The molecule has 0 saturated carbocycles. The Kier molecular flexibility index (Phi) is 7.08. The zero-order valence-corrected chi connectivity index (χ0v) is 13.4. The molecule has 0 aromatic carbocycles. The molecule has 0 spiro atoms. The Labute approximate surface area is 117 Å². The van der Waals surface area contributed by atoms with Gasteiger partial charge in [-0.2, -0.15) is 0 Å². The van der Waals surface area contributed by atoms with Crippen LogP contribution < -0.4 is 5.32 Å². The second kappa shape index (κ2) is 8.05. The van der Waals surface area contributed by atoms with Crippen LogP contribution in [0.2, 0.25) is 0 Å². The van der Waals surface area contributed by atoms with Crippen LogP contribution in [0.25, 0.3) is 0 Å². The van der Waals surface area contributed by atoms with Crippen molar-refractivity contribution >= 4 is 16.9 Å². The Hall–Kier alpha value is -0.220. The summed E-state index contributed by atoms with van der Waals surface area (Å²) >= 11 is 1.92. The molecule has 1 unspecified atom stereocenters. The second-order valence-electron chi connectivity index (χ2n) is 5.53. The summed E-state index contributed by atoms with van der Waals surface area (Å²) in [6, 6.07) is 1.22. The minimum atomic E-state index is 0.609. The maximum atomic E-state index is 4.57. The van der Waals surface area contributed by atoms with Crippen molar-refractivity contribution in [3.8, 4) is 0 Å². The maximum absolute atomic E-state index is 4.57. The van der Waals surface area contributed by atoms with E-state index in [2.05, 4.69) is 49.8 Å². The topological polar surface area (TPSA) is 27.6 Å². The van der Waals surface area contributed by atoms with Crippen LogP contribution >= 0.6 is 11.8 Å². The molecule has 0 aliphatic carbocycles. The molecule has 1 aliphatic heterocycles. The molecule has 0 saturated heterocycles. The van der Waals surface area contributed by atoms with Crippen molar-refractivity contribution in [2.24, 2.45) is 4.99 Å². The van der Waals surface area contributed by atoms with Gasteiger partial charge in [0.25, 0.3) is 0 Å². The highest BCUT2D eigenvalue weighted by Gasteiger charge is 2.19. The summed E-state index contributed by atoms with van der Waals surface area (Å²) in [5.41, 5.74) is 0. The smallest absolute Gasteiger partial charge is 0.156 e. The van der Waals surface area contributed by atoms with E-state index in [1.165, 1.54) is 12.8 Å². The Balaban J connectivity index is 2.22. The van der Waals surface area contributed by atoms with Gasteiger partial charge < -0.3 is 5.32 Å². The molecule has 18 heavy (non-hydrogen) atoms. The number of nitrogens with zero attached hydrogens (tertiary/aromatic N) is 2. The van der Waals surface area contributed by atoms with Crippen LogP contribution in [0.15, 0.2) is 4.99 Å². The summed E-state index contributed by atoms with van der Waals surface area (Å²) < 4.78 is 0. The van der Waals surface area contributed by atoms with E-state index in [1.54, 1.807) is 0 Å². The van der Waals surface area contributed by atoms with Crippen molar-refractivity contribution in [3.05, 3.63) is 0 Å². The van der Waals surface area contributed by atoms with Gasteiger partial charge >= 0.3 is 0 Å². The van der Waals surface area contributed by atoms with Crippen molar-refractivity contribution in [1.82, 2.24) is 10.2 Å². The summed E-state index contributed by atoms with van der Waals surface area (Å²) in [4.78, 5) is 7.08. The van der Waals surface area contributed by atoms with Crippen LogP contribution in [-0.4, -0.2) is 47.0 Å². The molecule has 1 atom stereocenters. The Morgan fingerprint density at radius 3 is 2.56 bits per heavy atom. The van der Waals surface area contributed by atoms with Gasteiger partial charge in [-0.05, 0) is 34.1 Å². The molecule has 0 fully saturated rings. The Bertz CT molecular complexity index is 256. The summed E-state index contributed by atoms with van der Waals surface area (Å²) in [6.07, 6.45) is 2.54. The number of rotatable bonds is 7. The first-order valence-electron chi connectivity index (χ1n) is 7.25. The average molecular weight is 271 g/mol. The van der Waals surface area contributed by atoms with Gasteiger partial charge in [0.05, 0.1) is 6.54 Å². The monoisotopic (exact) mass is 271 g/mol. The van der Waals surface area contributed by atoms with Crippen LogP contribution in [0.5, 0.6) is 0 Å². The minimum Gasteiger partial charge on any atom is -0.364 e. The predicted molar refractivity (Wildman–Crippen MR) is 83.6 cm³/mol. The van der Waals surface area contributed by atoms with Crippen LogP contribution in [0, 0.1) is 0 Å². The molecule has 1 rings (SSSR count). The van der Waals surface area contributed by atoms with Gasteiger partial charge in [-0.1, -0.05) is 25.1 Å². The van der Waals surface area contributed by atoms with E-state index in [4.69, 9.17) is 0 Å². The zero-order valence-electron chi connectivity index (χ0n) is 12.6. The largest absolute Gasteiger partial charge is 0.364 e. The van der Waals surface area contributed by atoms with Gasteiger partial charge in [-0.15, -0.1) is 0 Å². The van der Waals surface area contributed by atoms with E-state index in [1.807, 2.05) is 11.8 Å². The standard InChI is InChI=1S/C14H29N3S/c1-6-7-13-10-16-14(18-13)15-8-9-17(11(2)3)12(4)5/h11-13H,6-10H2,1-5H3,(H,15,16). The number of thioether (sulfide) groups is 1. The van der Waals surface area contributed by atoms with Gasteiger partial charge in [0.15, 0.2) is 5.17 Å². The first-order chi connectivity index (χ1) is 8.54. The van der Waals surface area contributed by atoms with Crippen LogP contribution in [0.1, 0.15) is 47.5 Å². The van der Waals surface area contributed by atoms with Crippen molar-refractivity contribution in [1.29, 1.82) is 0 Å². The molecule has 0 amide bonds. The highest BCUT2D eigenvalue weighted by Crippen LogP contribution is 2.23. The molecular weight excluding hydrogens is 242 g/mol. The second-order valence-corrected chi connectivity index (χ2v) is 6.82. The third-order valence-corrected chi connectivity index (χ3v) is 4.52. The lowest BCUT2D eigenvalue weighted by Crippen LogP contribution is -2.42. The van der Waals surface area contributed by atoms with E-state index in [0.29, 0.717) is 17.3 Å². The lowest BCUT2D eigenvalue weighted by molar-refractivity contribution is 0.178. The molecule has 0 bridgehead atoms. The molecule has 4 heteroatoms. The Morgan fingerprint density at radius 1 is 1.33 bits per heavy atom. The van der Waals surface area contributed by atoms with Crippen molar-refractivity contribution < 1.29 is 0 Å². The fourth-order valence-electron chi connectivity index (χ4n) is 2.39. The predicted octanol–water partition coefficient (Wildman–Crippen LogP) is 2.97. The maximum Gasteiger partial charge on any atom is 0.156 e. The van der Waals surface area contributed by atoms with E-state index in [-0.39, 0.29) is 0 Å². The van der Waals surface area contributed by atoms with Crippen molar-refractivity contribution in [2.75, 3.05) is 19.6 Å². The molecule has 106 valence electrons. The van der Waals surface area contributed by atoms with Crippen LogP contribution in [0.3, 0.4) is 0 Å². The highest BCUT2D eigenvalue weighted by atomic mass is 32.2. The third kappa shape index (κ3) is 5.19. The SMILES string of the molecule is CCCC1CN=C(NCCN(C(C)C)C(C)C)S1. The summed E-state index contributed by atoms with van der Waals surface area (Å²) in [5.74, 6) is 0. The molecular formula is C14H29N3S. The lowest BCUT2D eigenvalue weighted by Gasteiger charge is -2.30. The zero-order chi connectivity index (χ0) is 13.5. The van der Waals surface area contributed by atoms with Crippen molar-refractivity contribution in [3.63, 3.8) is 0 Å². The van der Waals surface area contributed by atoms with Gasteiger partial charge in [0.1, 0.15) is 0 Å². The molecule has 1 N–H and O–H groups in total. The van der Waals surface area contributed by atoms with Crippen LogP contribution in [0.4, 0.5) is 0 Å². The molecule has 1 aliphatic rings. The normalized spacial score (nSPS) is 20.0. The van der Waals surface area contributed by atoms with Gasteiger partial charge in [0, 0.05) is 30.4 Å². The quantitative estimate of drug-likeness (QED) is 0.771. The fraction of sp³-hybridized carbons (Fsp3) is 0.929. The van der Waals surface area contributed by atoms with E-state index in [0.717, 1.165) is 24.8 Å². The van der Waals surface area contributed by atoms with E-state index >= 15 is 0 Å². The number of hydrogen-bond acceptors (Lipinski definition) is 4. The minimum absolute atomic E-state index is 0.609. The number of amidine groups is 1. The molecule has 0 aromatic heterocycles. The van der Waals surface area contributed by atoms with Gasteiger partial charge in [0.2, 0.25) is 0 Å². The fourth-order valence-corrected chi connectivity index (χ4v) is 3.54. The molecule has 0 aromatic rings. The van der Waals surface area contributed by atoms with Gasteiger partial charge in [-0.25, -0.2) is 0 Å². The number of nitrogens with one attached hydrogen (secondary N) is 1. The van der Waals surface area contributed by atoms with Gasteiger partial charge in [-0.3, -0.25) is 9.89 Å². The summed E-state index contributed by atoms with van der Waals surface area (Å²) in [7, 11) is 0. The Morgan fingerprint density at radius 2 is 2.00 bits per heavy atom. The summed E-state index contributed by atoms with van der Waals surface area (Å²) in [6.45, 7) is 14.4. The van der Waals surface area contributed by atoms with Crippen molar-refractivity contribution in [2.45, 2.75) is 64.8 Å². The van der Waals surface area contributed by atoms with Crippen LogP contribution in [-0.2, 0) is 0 Å². The first kappa shape index (κ1) is 15.8. The van der Waals surface area contributed by atoms with E-state index in [9.17, 15) is 0 Å². The molecule has 0 radical (unpaired) electrons. The summed E-state index contributed by atoms with van der Waals surface area (Å²) in [5, 5.41) is 5.35. The number of aliphatic imine (C=N–C) groups is 1. The molecule has 1 heterocycles.